The SMILES string of the molecule is Cn1nc(C(F)(F)C(F)(F)F)nc1Oc1ccc(O)cc1. The molecule has 1 heterocycles. The zero-order valence-electron chi connectivity index (χ0n) is 10.4. The van der Waals surface area contributed by atoms with Gasteiger partial charge in [0.15, 0.2) is 0 Å². The van der Waals surface area contributed by atoms with Gasteiger partial charge in [-0.3, -0.25) is 0 Å². The number of phenols is 1. The number of hydrogen-bond donors (Lipinski definition) is 1. The number of aromatic hydroxyl groups is 1. The second kappa shape index (κ2) is 4.86. The van der Waals surface area contributed by atoms with Gasteiger partial charge in [0, 0.05) is 7.05 Å². The summed E-state index contributed by atoms with van der Waals surface area (Å²) in [6.07, 6.45) is -5.80. The Morgan fingerprint density at radius 2 is 1.67 bits per heavy atom. The minimum absolute atomic E-state index is 0.0652. The van der Waals surface area contributed by atoms with Crippen LogP contribution in [0.2, 0.25) is 0 Å². The fraction of sp³-hybridized carbons (Fsp3) is 0.273. The van der Waals surface area contributed by atoms with E-state index in [1.54, 1.807) is 0 Å². The standard InChI is InChI=1S/C11H8F5N3O2/c1-19-9(21-7-4-2-6(20)3-5-7)17-8(18-19)10(12,13)11(14,15)16/h2-5,20H,1H3. The molecule has 10 heteroatoms. The molecule has 1 aromatic carbocycles. The van der Waals surface area contributed by atoms with Crippen LogP contribution in [0.3, 0.4) is 0 Å². The van der Waals surface area contributed by atoms with Gasteiger partial charge in [0.1, 0.15) is 11.5 Å². The van der Waals surface area contributed by atoms with Gasteiger partial charge in [-0.1, -0.05) is 0 Å². The monoisotopic (exact) mass is 309 g/mol. The van der Waals surface area contributed by atoms with E-state index in [9.17, 15) is 22.0 Å². The van der Waals surface area contributed by atoms with E-state index in [4.69, 9.17) is 9.84 Å². The number of phenolic OH excluding ortho intramolecular Hbond substituents is 1. The Kier molecular flexibility index (Phi) is 3.47. The van der Waals surface area contributed by atoms with Gasteiger partial charge in [-0.15, -0.1) is 5.10 Å². The molecule has 0 aliphatic carbocycles. The van der Waals surface area contributed by atoms with Gasteiger partial charge in [-0.25, -0.2) is 4.68 Å². The van der Waals surface area contributed by atoms with Crippen LogP contribution in [-0.4, -0.2) is 26.0 Å². The molecule has 0 bridgehead atoms. The van der Waals surface area contributed by atoms with Gasteiger partial charge in [-0.2, -0.15) is 26.9 Å². The van der Waals surface area contributed by atoms with Crippen LogP contribution in [0.1, 0.15) is 5.82 Å². The number of rotatable bonds is 3. The number of ether oxygens (including phenoxy) is 1. The highest BCUT2D eigenvalue weighted by Crippen LogP contribution is 2.42. The van der Waals surface area contributed by atoms with Crippen molar-refractivity contribution >= 4 is 0 Å². The maximum Gasteiger partial charge on any atom is 0.461 e. The average Bonchev–Trinajstić information content (AvgIpc) is 2.73. The smallest absolute Gasteiger partial charge is 0.461 e. The third-order valence-electron chi connectivity index (χ3n) is 2.41. The van der Waals surface area contributed by atoms with Crippen LogP contribution in [0.5, 0.6) is 17.5 Å². The molecule has 0 spiro atoms. The molecule has 0 fully saturated rings. The van der Waals surface area contributed by atoms with Crippen LogP contribution in [0.25, 0.3) is 0 Å². The molecule has 0 amide bonds. The van der Waals surface area contributed by atoms with Crippen LogP contribution in [-0.2, 0) is 13.0 Å². The van der Waals surface area contributed by atoms with Gasteiger partial charge in [0.05, 0.1) is 0 Å². The summed E-state index contributed by atoms with van der Waals surface area (Å²) in [6, 6.07) is 4.52. The lowest BCUT2D eigenvalue weighted by Crippen LogP contribution is -2.34. The summed E-state index contributed by atoms with van der Waals surface area (Å²) in [5.74, 6) is -6.86. The average molecular weight is 309 g/mol. The minimum atomic E-state index is -5.80. The van der Waals surface area contributed by atoms with Gasteiger partial charge < -0.3 is 9.84 Å². The summed E-state index contributed by atoms with van der Waals surface area (Å²) in [4.78, 5) is 3.06. The van der Waals surface area contributed by atoms with Crippen molar-refractivity contribution in [1.82, 2.24) is 14.8 Å². The van der Waals surface area contributed by atoms with Gasteiger partial charge in [-0.05, 0) is 24.3 Å². The summed E-state index contributed by atoms with van der Waals surface area (Å²) >= 11 is 0. The van der Waals surface area contributed by atoms with E-state index in [-0.39, 0.29) is 11.5 Å². The molecule has 0 aliphatic rings. The molecule has 0 aliphatic heterocycles. The van der Waals surface area contributed by atoms with Crippen LogP contribution < -0.4 is 4.74 Å². The number of halogens is 5. The van der Waals surface area contributed by atoms with Crippen molar-refractivity contribution < 1.29 is 31.8 Å². The molecule has 0 saturated carbocycles. The molecule has 1 N–H and O–H groups in total. The minimum Gasteiger partial charge on any atom is -0.508 e. The van der Waals surface area contributed by atoms with Crippen LogP contribution in [0.4, 0.5) is 22.0 Å². The molecule has 5 nitrogen and oxygen atoms in total. The topological polar surface area (TPSA) is 60.2 Å². The summed E-state index contributed by atoms with van der Waals surface area (Å²) < 4.78 is 68.5. The Bertz CT molecular complexity index is 636. The predicted octanol–water partition coefficient (Wildman–Crippen LogP) is 2.97. The largest absolute Gasteiger partial charge is 0.508 e. The second-order valence-corrected chi connectivity index (χ2v) is 4.01. The number of nitrogens with zero attached hydrogens (tertiary/aromatic N) is 3. The Hall–Kier alpha value is -2.39. The highest BCUT2D eigenvalue weighted by molar-refractivity contribution is 5.31. The molecule has 0 atom stereocenters. The van der Waals surface area contributed by atoms with E-state index in [0.717, 1.165) is 7.05 Å². The summed E-state index contributed by atoms with van der Waals surface area (Å²) in [7, 11) is 1.11. The quantitative estimate of drug-likeness (QED) is 0.886. The Morgan fingerprint density at radius 3 is 2.19 bits per heavy atom. The van der Waals surface area contributed by atoms with Crippen molar-refractivity contribution in [3.8, 4) is 17.5 Å². The molecule has 0 radical (unpaired) electrons. The Labute approximate surface area is 114 Å². The number of aromatic nitrogens is 3. The van der Waals surface area contributed by atoms with Crippen LogP contribution in [0.15, 0.2) is 24.3 Å². The van der Waals surface area contributed by atoms with E-state index < -0.39 is 23.9 Å². The maximum atomic E-state index is 13.1. The molecular formula is C11H8F5N3O2. The molecule has 1 aromatic heterocycles. The van der Waals surface area contributed by atoms with E-state index in [0.29, 0.717) is 4.68 Å². The van der Waals surface area contributed by atoms with E-state index >= 15 is 0 Å². The molecule has 2 rings (SSSR count). The lowest BCUT2D eigenvalue weighted by molar-refractivity contribution is -0.292. The first-order valence-corrected chi connectivity index (χ1v) is 5.44. The molecule has 0 unspecified atom stereocenters. The third-order valence-corrected chi connectivity index (χ3v) is 2.41. The fourth-order valence-electron chi connectivity index (χ4n) is 1.34. The van der Waals surface area contributed by atoms with Crippen LogP contribution in [0, 0.1) is 0 Å². The molecule has 0 saturated heterocycles. The molecule has 21 heavy (non-hydrogen) atoms. The Morgan fingerprint density at radius 1 is 1.10 bits per heavy atom. The van der Waals surface area contributed by atoms with Crippen molar-refractivity contribution in [2.45, 2.75) is 12.1 Å². The number of hydrogen-bond acceptors (Lipinski definition) is 4. The van der Waals surface area contributed by atoms with Crippen molar-refractivity contribution in [2.75, 3.05) is 0 Å². The molecule has 114 valence electrons. The zero-order chi connectivity index (χ0) is 15.8. The molecule has 2 aromatic rings. The lowest BCUT2D eigenvalue weighted by Gasteiger charge is -2.15. The van der Waals surface area contributed by atoms with Crippen molar-refractivity contribution in [1.29, 1.82) is 0 Å². The number of alkyl halides is 5. The highest BCUT2D eigenvalue weighted by atomic mass is 19.4. The number of aryl methyl sites for hydroxylation is 1. The first kappa shape index (κ1) is 15.0. The highest BCUT2D eigenvalue weighted by Gasteiger charge is 2.62. The molecular weight excluding hydrogens is 301 g/mol. The van der Waals surface area contributed by atoms with Crippen molar-refractivity contribution in [2.24, 2.45) is 7.05 Å². The van der Waals surface area contributed by atoms with E-state index in [2.05, 4.69) is 10.1 Å². The second-order valence-electron chi connectivity index (χ2n) is 4.01. The van der Waals surface area contributed by atoms with E-state index in [1.165, 1.54) is 24.3 Å². The normalized spacial score (nSPS) is 12.5. The summed E-state index contributed by atoms with van der Waals surface area (Å²) in [5, 5.41) is 12.1. The summed E-state index contributed by atoms with van der Waals surface area (Å²) in [5.41, 5.74) is 0. The van der Waals surface area contributed by atoms with Gasteiger partial charge >= 0.3 is 18.1 Å². The van der Waals surface area contributed by atoms with Crippen molar-refractivity contribution in [3.63, 3.8) is 0 Å². The third kappa shape index (κ3) is 2.88. The maximum absolute atomic E-state index is 13.1. The first-order chi connectivity index (χ1) is 9.61. The van der Waals surface area contributed by atoms with Crippen molar-refractivity contribution in [3.05, 3.63) is 30.1 Å². The lowest BCUT2D eigenvalue weighted by atomic mass is 10.3. The van der Waals surface area contributed by atoms with Gasteiger partial charge in [0.2, 0.25) is 5.82 Å². The fourth-order valence-corrected chi connectivity index (χ4v) is 1.34. The Balaban J connectivity index is 2.30. The van der Waals surface area contributed by atoms with E-state index in [1.807, 2.05) is 0 Å². The predicted molar refractivity (Wildman–Crippen MR) is 59.1 cm³/mol. The van der Waals surface area contributed by atoms with Crippen LogP contribution >= 0.6 is 0 Å². The first-order valence-electron chi connectivity index (χ1n) is 5.44. The summed E-state index contributed by atoms with van der Waals surface area (Å²) in [6.45, 7) is 0. The van der Waals surface area contributed by atoms with Gasteiger partial charge in [0.25, 0.3) is 0 Å². The number of benzene rings is 1. The zero-order valence-corrected chi connectivity index (χ0v) is 10.4.